The number of methoxy groups -OCH3 is 1. The standard InChI is InChI=1S/C25H31N5O4S/c1-16(2)12-14-34-20-10-9-19(15-21(20)33-4)24(32)28-26-22(31)11-13-30-23(27-29-25(30)35)18-7-5-17(3)6-8-18/h5-10,15-16H,11-14H2,1-4H3,(H,26,31)(H,28,32)(H,29,35). The summed E-state index contributed by atoms with van der Waals surface area (Å²) in [4.78, 5) is 24.9. The van der Waals surface area contributed by atoms with Crippen molar-refractivity contribution in [1.82, 2.24) is 25.6 Å². The highest BCUT2D eigenvalue weighted by Crippen LogP contribution is 2.28. The minimum absolute atomic E-state index is 0.0962. The Kier molecular flexibility index (Phi) is 9.02. The zero-order valence-electron chi connectivity index (χ0n) is 20.4. The van der Waals surface area contributed by atoms with E-state index in [0.717, 1.165) is 17.5 Å². The molecular formula is C25H31N5O4S. The number of amides is 2. The molecule has 10 heteroatoms. The number of aromatic nitrogens is 3. The molecule has 0 bridgehead atoms. The van der Waals surface area contributed by atoms with Gasteiger partial charge in [0.1, 0.15) is 0 Å². The zero-order valence-corrected chi connectivity index (χ0v) is 21.2. The van der Waals surface area contributed by atoms with Gasteiger partial charge in [0, 0.05) is 24.1 Å². The Bertz CT molecular complexity index is 1220. The average Bonchev–Trinajstić information content (AvgIpc) is 3.21. The molecule has 3 aromatic rings. The first-order valence-electron chi connectivity index (χ1n) is 11.4. The van der Waals surface area contributed by atoms with Crippen LogP contribution in [0, 0.1) is 17.6 Å². The van der Waals surface area contributed by atoms with Gasteiger partial charge in [-0.3, -0.25) is 30.1 Å². The Morgan fingerprint density at radius 1 is 1.11 bits per heavy atom. The number of hydrogen-bond acceptors (Lipinski definition) is 6. The largest absolute Gasteiger partial charge is 0.493 e. The minimum atomic E-state index is -0.467. The molecule has 0 aliphatic heterocycles. The fraction of sp³-hybridized carbons (Fsp3) is 0.360. The van der Waals surface area contributed by atoms with Crippen LogP contribution in [0.2, 0.25) is 0 Å². The molecule has 9 nitrogen and oxygen atoms in total. The van der Waals surface area contributed by atoms with E-state index in [-0.39, 0.29) is 12.3 Å². The molecule has 0 fully saturated rings. The van der Waals surface area contributed by atoms with Crippen molar-refractivity contribution in [2.45, 2.75) is 40.2 Å². The second-order valence-corrected chi connectivity index (χ2v) is 8.91. The van der Waals surface area contributed by atoms with Crippen LogP contribution >= 0.6 is 12.2 Å². The monoisotopic (exact) mass is 497 g/mol. The number of hydrazine groups is 1. The van der Waals surface area contributed by atoms with E-state index in [1.165, 1.54) is 7.11 Å². The van der Waals surface area contributed by atoms with Gasteiger partial charge in [-0.1, -0.05) is 43.7 Å². The molecule has 0 aliphatic rings. The number of ether oxygens (including phenoxy) is 2. The first-order chi connectivity index (χ1) is 16.8. The molecule has 0 aliphatic carbocycles. The number of hydrogen-bond donors (Lipinski definition) is 3. The lowest BCUT2D eigenvalue weighted by Gasteiger charge is -2.13. The molecule has 0 saturated carbocycles. The number of benzene rings is 2. The maximum Gasteiger partial charge on any atom is 0.269 e. The number of H-pyrrole nitrogens is 1. The molecule has 0 unspecified atom stereocenters. The van der Waals surface area contributed by atoms with Gasteiger partial charge in [-0.2, -0.15) is 5.10 Å². The Morgan fingerprint density at radius 2 is 1.86 bits per heavy atom. The second kappa shape index (κ2) is 12.2. The lowest BCUT2D eigenvalue weighted by atomic mass is 10.1. The van der Waals surface area contributed by atoms with Gasteiger partial charge in [0.05, 0.1) is 13.7 Å². The molecule has 2 aromatic carbocycles. The summed E-state index contributed by atoms with van der Waals surface area (Å²) in [5.74, 6) is 1.35. The molecule has 0 atom stereocenters. The third kappa shape index (κ3) is 7.16. The highest BCUT2D eigenvalue weighted by Gasteiger charge is 2.14. The highest BCUT2D eigenvalue weighted by atomic mass is 32.1. The quantitative estimate of drug-likeness (QED) is 0.286. The van der Waals surface area contributed by atoms with Crippen LogP contribution in [0.3, 0.4) is 0 Å². The van der Waals surface area contributed by atoms with Gasteiger partial charge in [-0.15, -0.1) is 0 Å². The lowest BCUT2D eigenvalue weighted by molar-refractivity contribution is -0.122. The fourth-order valence-corrected chi connectivity index (χ4v) is 3.48. The third-order valence-electron chi connectivity index (χ3n) is 5.32. The van der Waals surface area contributed by atoms with E-state index in [0.29, 0.717) is 46.7 Å². The SMILES string of the molecule is COc1cc(C(=O)NNC(=O)CCn2c(-c3ccc(C)cc3)n[nH]c2=S)ccc1OCCC(C)C. The van der Waals surface area contributed by atoms with E-state index in [1.54, 1.807) is 22.8 Å². The zero-order chi connectivity index (χ0) is 25.4. The van der Waals surface area contributed by atoms with Crippen molar-refractivity contribution in [1.29, 1.82) is 0 Å². The number of nitrogens with one attached hydrogen (secondary N) is 3. The summed E-state index contributed by atoms with van der Waals surface area (Å²) in [6.07, 6.45) is 1.01. The molecule has 35 heavy (non-hydrogen) atoms. The van der Waals surface area contributed by atoms with E-state index in [1.807, 2.05) is 31.2 Å². The van der Waals surface area contributed by atoms with Crippen molar-refractivity contribution in [3.05, 3.63) is 58.4 Å². The van der Waals surface area contributed by atoms with E-state index < -0.39 is 5.91 Å². The van der Waals surface area contributed by atoms with Crippen LogP contribution in [-0.2, 0) is 11.3 Å². The maximum atomic E-state index is 12.5. The van der Waals surface area contributed by atoms with Gasteiger partial charge >= 0.3 is 0 Å². The predicted molar refractivity (Wildman–Crippen MR) is 136 cm³/mol. The van der Waals surface area contributed by atoms with Crippen molar-refractivity contribution in [2.75, 3.05) is 13.7 Å². The molecule has 3 rings (SSSR count). The van der Waals surface area contributed by atoms with Crippen LogP contribution in [0.1, 0.15) is 42.6 Å². The van der Waals surface area contributed by atoms with Crippen molar-refractivity contribution < 1.29 is 19.1 Å². The smallest absolute Gasteiger partial charge is 0.269 e. The van der Waals surface area contributed by atoms with Gasteiger partial charge in [0.2, 0.25) is 5.91 Å². The maximum absolute atomic E-state index is 12.5. The van der Waals surface area contributed by atoms with Gasteiger partial charge in [0.15, 0.2) is 22.1 Å². The van der Waals surface area contributed by atoms with E-state index in [9.17, 15) is 9.59 Å². The summed E-state index contributed by atoms with van der Waals surface area (Å²) >= 11 is 5.32. The Labute approximate surface area is 209 Å². The van der Waals surface area contributed by atoms with E-state index >= 15 is 0 Å². The van der Waals surface area contributed by atoms with Crippen molar-refractivity contribution in [2.24, 2.45) is 5.92 Å². The molecule has 2 amide bonds. The van der Waals surface area contributed by atoms with Gasteiger partial charge in [-0.25, -0.2) is 0 Å². The van der Waals surface area contributed by atoms with Crippen molar-refractivity contribution in [3.63, 3.8) is 0 Å². The van der Waals surface area contributed by atoms with Crippen LogP contribution in [0.4, 0.5) is 0 Å². The molecule has 0 radical (unpaired) electrons. The predicted octanol–water partition coefficient (Wildman–Crippen LogP) is 4.20. The van der Waals surface area contributed by atoms with E-state index in [2.05, 4.69) is 34.9 Å². The molecule has 1 heterocycles. The number of aromatic amines is 1. The lowest BCUT2D eigenvalue weighted by Crippen LogP contribution is -2.41. The first-order valence-corrected chi connectivity index (χ1v) is 11.8. The van der Waals surface area contributed by atoms with Gasteiger partial charge < -0.3 is 9.47 Å². The second-order valence-electron chi connectivity index (χ2n) is 8.52. The van der Waals surface area contributed by atoms with Crippen LogP contribution in [0.15, 0.2) is 42.5 Å². The molecule has 186 valence electrons. The van der Waals surface area contributed by atoms with Gasteiger partial charge in [-0.05, 0) is 49.7 Å². The summed E-state index contributed by atoms with van der Waals surface area (Å²) in [7, 11) is 1.51. The van der Waals surface area contributed by atoms with Crippen molar-refractivity contribution >= 4 is 24.0 Å². The normalized spacial score (nSPS) is 10.8. The molecule has 1 aromatic heterocycles. The molecular weight excluding hydrogens is 466 g/mol. The van der Waals surface area contributed by atoms with Gasteiger partial charge in [0.25, 0.3) is 5.91 Å². The first kappa shape index (κ1) is 26.0. The van der Waals surface area contributed by atoms with Crippen LogP contribution in [0.5, 0.6) is 11.5 Å². The number of carbonyl (C=O) groups excluding carboxylic acids is 2. The Hall–Kier alpha value is -3.66. The number of nitrogens with zero attached hydrogens (tertiary/aromatic N) is 2. The molecule has 0 saturated heterocycles. The summed E-state index contributed by atoms with van der Waals surface area (Å²) < 4.78 is 13.3. The van der Waals surface area contributed by atoms with E-state index in [4.69, 9.17) is 21.7 Å². The summed E-state index contributed by atoms with van der Waals surface area (Å²) in [6.45, 7) is 7.11. The highest BCUT2D eigenvalue weighted by molar-refractivity contribution is 7.71. The molecule has 0 spiro atoms. The minimum Gasteiger partial charge on any atom is -0.493 e. The summed E-state index contributed by atoms with van der Waals surface area (Å²) in [5.41, 5.74) is 7.23. The summed E-state index contributed by atoms with van der Waals surface area (Å²) in [5, 5.41) is 7.05. The Balaban J connectivity index is 1.55. The van der Waals surface area contributed by atoms with Crippen LogP contribution in [-0.4, -0.2) is 40.3 Å². The molecule has 3 N–H and O–H groups in total. The number of rotatable bonds is 10. The third-order valence-corrected chi connectivity index (χ3v) is 5.64. The number of carbonyl (C=O) groups is 2. The average molecular weight is 498 g/mol. The van der Waals surface area contributed by atoms with Crippen LogP contribution < -0.4 is 20.3 Å². The summed E-state index contributed by atoms with van der Waals surface area (Å²) in [6, 6.07) is 12.7. The number of aryl methyl sites for hydroxylation is 1. The fourth-order valence-electron chi connectivity index (χ4n) is 3.26. The van der Waals surface area contributed by atoms with Crippen LogP contribution in [0.25, 0.3) is 11.4 Å². The topological polar surface area (TPSA) is 110 Å². The van der Waals surface area contributed by atoms with Crippen molar-refractivity contribution in [3.8, 4) is 22.9 Å². The Morgan fingerprint density at radius 3 is 2.54 bits per heavy atom.